The predicted octanol–water partition coefficient (Wildman–Crippen LogP) is 0.235. The van der Waals surface area contributed by atoms with E-state index in [4.69, 9.17) is 21.9 Å². The summed E-state index contributed by atoms with van der Waals surface area (Å²) in [6.45, 7) is 4.31. The number of carbonyl (C=O) groups excluding carboxylic acids is 3. The van der Waals surface area contributed by atoms with Gasteiger partial charge in [-0.1, -0.05) is 26.3 Å². The van der Waals surface area contributed by atoms with Gasteiger partial charge in [0.25, 0.3) is 5.91 Å². The molecule has 1 heterocycles. The van der Waals surface area contributed by atoms with Crippen LogP contribution in [0.25, 0.3) is 0 Å². The maximum absolute atomic E-state index is 13.2. The summed E-state index contributed by atoms with van der Waals surface area (Å²) in [5.41, 5.74) is 17.0. The van der Waals surface area contributed by atoms with E-state index < -0.39 is 35.9 Å². The lowest BCUT2D eigenvalue weighted by Crippen LogP contribution is -2.49. The number of nitrogens with one attached hydrogen (secondary N) is 2. The third kappa shape index (κ3) is 7.81. The largest absolute Gasteiger partial charge is 0.494 e. The Morgan fingerprint density at radius 1 is 1.26 bits per heavy atom. The zero-order chi connectivity index (χ0) is 28.4. The highest BCUT2D eigenvalue weighted by atomic mass is 16.5. The van der Waals surface area contributed by atoms with Gasteiger partial charge in [-0.2, -0.15) is 0 Å². The molecule has 1 fully saturated rings. The summed E-state index contributed by atoms with van der Waals surface area (Å²) in [6, 6.07) is 1.97. The molecular formula is C25H39N7O6. The van der Waals surface area contributed by atoms with Crippen LogP contribution in [0.5, 0.6) is 5.75 Å². The molecule has 1 aromatic carbocycles. The van der Waals surface area contributed by atoms with Crippen molar-refractivity contribution in [2.24, 2.45) is 28.1 Å². The van der Waals surface area contributed by atoms with E-state index in [2.05, 4.69) is 15.6 Å². The molecule has 1 aliphatic rings. The number of nitrogens with two attached hydrogens (primary N) is 3. The lowest BCUT2D eigenvalue weighted by atomic mass is 9.98. The molecule has 0 aliphatic carbocycles. The van der Waals surface area contributed by atoms with Crippen LogP contribution >= 0.6 is 0 Å². The molecule has 13 nitrogen and oxygen atoms in total. The Hall–Kier alpha value is -3.87. The molecule has 0 saturated carbocycles. The van der Waals surface area contributed by atoms with Crippen molar-refractivity contribution in [1.29, 1.82) is 0 Å². The molecule has 3 amide bonds. The normalized spacial score (nSPS) is 17.2. The summed E-state index contributed by atoms with van der Waals surface area (Å²) in [5, 5.41) is 14.8. The molecule has 0 radical (unpaired) electrons. The first kappa shape index (κ1) is 30.4. The van der Waals surface area contributed by atoms with Crippen molar-refractivity contribution in [3.05, 3.63) is 23.8 Å². The monoisotopic (exact) mass is 533 g/mol. The van der Waals surface area contributed by atoms with Crippen LogP contribution in [0, 0.1) is 5.92 Å². The maximum atomic E-state index is 13.2. The van der Waals surface area contributed by atoms with Gasteiger partial charge >= 0.3 is 5.97 Å². The minimum Gasteiger partial charge on any atom is -0.494 e. The fourth-order valence-corrected chi connectivity index (χ4v) is 4.31. The first-order valence-corrected chi connectivity index (χ1v) is 12.6. The molecule has 1 aromatic rings. The fraction of sp³-hybridized carbons (Fsp3) is 0.560. The number of rotatable bonds is 13. The quantitative estimate of drug-likeness (QED) is 0.116. The van der Waals surface area contributed by atoms with E-state index in [-0.39, 0.29) is 34.8 Å². The van der Waals surface area contributed by atoms with Crippen molar-refractivity contribution in [2.45, 2.75) is 64.1 Å². The highest BCUT2D eigenvalue weighted by Gasteiger charge is 2.36. The number of guanidine groups is 1. The van der Waals surface area contributed by atoms with Crippen LogP contribution in [0.4, 0.5) is 5.69 Å². The van der Waals surface area contributed by atoms with Crippen LogP contribution in [0.2, 0.25) is 0 Å². The number of benzene rings is 1. The third-order valence-electron chi connectivity index (χ3n) is 6.61. The van der Waals surface area contributed by atoms with Gasteiger partial charge < -0.3 is 42.6 Å². The van der Waals surface area contributed by atoms with Crippen molar-refractivity contribution in [3.63, 3.8) is 0 Å². The van der Waals surface area contributed by atoms with E-state index in [1.807, 2.05) is 6.92 Å². The molecule has 1 unspecified atom stereocenters. The molecule has 0 spiro atoms. The molecule has 4 atom stereocenters. The minimum atomic E-state index is -1.14. The smallest absolute Gasteiger partial charge is 0.326 e. The van der Waals surface area contributed by atoms with E-state index in [1.165, 1.54) is 18.1 Å². The number of aliphatic imine (C=N–C) groups is 1. The Kier molecular flexibility index (Phi) is 11.3. The number of ether oxygens (including phenoxy) is 1. The van der Waals surface area contributed by atoms with E-state index >= 15 is 0 Å². The molecule has 1 aliphatic heterocycles. The number of methoxy groups -OCH3 is 1. The molecule has 1 saturated heterocycles. The standard InChI is InChI=1S/C25H39N7O6/c1-4-14(2)19(24(36)37)31-21(33)15-8-5-10-17(20(15)38-3)30-22(34)18-11-7-13-32(18)23(35)16(26)9-6-12-29-25(27)28/h5,8,10,14,16,18-19H,4,6-7,9,11-13,26H2,1-3H3,(H,30,34)(H,31,33)(H,36,37)(H4,27,28,29)/t14?,16-,18-,19-/m0/s1. The van der Waals surface area contributed by atoms with E-state index in [0.717, 1.165) is 0 Å². The molecule has 2 rings (SSSR count). The number of carbonyl (C=O) groups is 4. The predicted molar refractivity (Wildman–Crippen MR) is 143 cm³/mol. The average Bonchev–Trinajstić information content (AvgIpc) is 3.38. The third-order valence-corrected chi connectivity index (χ3v) is 6.61. The molecule has 13 heteroatoms. The van der Waals surface area contributed by atoms with E-state index in [9.17, 15) is 24.3 Å². The van der Waals surface area contributed by atoms with Crippen LogP contribution in [0.3, 0.4) is 0 Å². The lowest BCUT2D eigenvalue weighted by Gasteiger charge is -2.27. The molecular weight excluding hydrogens is 494 g/mol. The van der Waals surface area contributed by atoms with Crippen LogP contribution in [0.1, 0.15) is 56.3 Å². The van der Waals surface area contributed by atoms with Gasteiger partial charge in [-0.15, -0.1) is 0 Å². The number of para-hydroxylation sites is 1. The fourth-order valence-electron chi connectivity index (χ4n) is 4.31. The number of nitrogens with zero attached hydrogens (tertiary/aromatic N) is 2. The summed E-state index contributed by atoms with van der Waals surface area (Å²) in [7, 11) is 1.35. The first-order chi connectivity index (χ1) is 18.0. The van der Waals surface area contributed by atoms with Crippen LogP contribution in [0.15, 0.2) is 23.2 Å². The highest BCUT2D eigenvalue weighted by Crippen LogP contribution is 2.30. The minimum absolute atomic E-state index is 0.0321. The van der Waals surface area contributed by atoms with Gasteiger partial charge in [0, 0.05) is 13.1 Å². The van der Waals surface area contributed by atoms with E-state index in [1.54, 1.807) is 19.1 Å². The number of hydrogen-bond donors (Lipinski definition) is 6. The summed E-state index contributed by atoms with van der Waals surface area (Å²) in [6.07, 6.45) is 2.52. The van der Waals surface area contributed by atoms with E-state index in [0.29, 0.717) is 45.2 Å². The average molecular weight is 534 g/mol. The van der Waals surface area contributed by atoms with Crippen LogP contribution < -0.4 is 32.6 Å². The molecule has 9 N–H and O–H groups in total. The molecule has 210 valence electrons. The van der Waals surface area contributed by atoms with Gasteiger partial charge in [-0.05, 0) is 43.7 Å². The van der Waals surface area contributed by atoms with Gasteiger partial charge in [-0.3, -0.25) is 19.4 Å². The second-order valence-electron chi connectivity index (χ2n) is 9.30. The molecule has 38 heavy (non-hydrogen) atoms. The zero-order valence-corrected chi connectivity index (χ0v) is 22.1. The topological polar surface area (TPSA) is 215 Å². The number of carboxylic acid groups (broad SMARTS) is 1. The summed E-state index contributed by atoms with van der Waals surface area (Å²) >= 11 is 0. The second kappa shape index (κ2) is 14.2. The summed E-state index contributed by atoms with van der Waals surface area (Å²) < 4.78 is 5.42. The lowest BCUT2D eigenvalue weighted by molar-refractivity contribution is -0.140. The molecule has 0 aromatic heterocycles. The Labute approximate surface area is 222 Å². The Morgan fingerprint density at radius 3 is 2.58 bits per heavy atom. The SMILES string of the molecule is CCC(C)[C@H](NC(=O)c1cccc(NC(=O)[C@@H]2CCCN2C(=O)[C@@H](N)CCCN=C(N)N)c1OC)C(=O)O. The number of amides is 3. The summed E-state index contributed by atoms with van der Waals surface area (Å²) in [5.74, 6) is -2.81. The van der Waals surface area contributed by atoms with Crippen molar-refractivity contribution >= 4 is 35.3 Å². The Bertz CT molecular complexity index is 1040. The number of aliphatic carboxylic acids is 1. The highest BCUT2D eigenvalue weighted by molar-refractivity contribution is 6.04. The molecule has 0 bridgehead atoms. The first-order valence-electron chi connectivity index (χ1n) is 12.6. The van der Waals surface area contributed by atoms with Gasteiger partial charge in [0.15, 0.2) is 11.7 Å². The number of hydrogen-bond acceptors (Lipinski definition) is 7. The van der Waals surface area contributed by atoms with Crippen LogP contribution in [-0.4, -0.2) is 78.0 Å². The second-order valence-corrected chi connectivity index (χ2v) is 9.30. The Balaban J connectivity index is 2.15. The Morgan fingerprint density at radius 2 is 1.97 bits per heavy atom. The number of anilines is 1. The van der Waals surface area contributed by atoms with Crippen LogP contribution in [-0.2, 0) is 14.4 Å². The van der Waals surface area contributed by atoms with Crippen molar-refractivity contribution in [1.82, 2.24) is 10.2 Å². The van der Waals surface area contributed by atoms with Gasteiger partial charge in [0.1, 0.15) is 12.1 Å². The zero-order valence-electron chi connectivity index (χ0n) is 22.1. The number of carboxylic acids is 1. The van der Waals surface area contributed by atoms with Crippen molar-refractivity contribution in [2.75, 3.05) is 25.5 Å². The van der Waals surface area contributed by atoms with Gasteiger partial charge in [-0.25, -0.2) is 4.79 Å². The van der Waals surface area contributed by atoms with Gasteiger partial charge in [0.05, 0.1) is 24.4 Å². The summed E-state index contributed by atoms with van der Waals surface area (Å²) in [4.78, 5) is 56.1. The maximum Gasteiger partial charge on any atom is 0.326 e. The van der Waals surface area contributed by atoms with Gasteiger partial charge in [0.2, 0.25) is 11.8 Å². The van der Waals surface area contributed by atoms with Crippen molar-refractivity contribution < 1.29 is 29.0 Å². The van der Waals surface area contributed by atoms with Crippen molar-refractivity contribution in [3.8, 4) is 5.75 Å². The number of likely N-dealkylation sites (tertiary alicyclic amines) is 1.